The Hall–Kier alpha value is -5.78. The Morgan fingerprint density at radius 2 is 0.603 bits per heavy atom. The van der Waals surface area contributed by atoms with Crippen molar-refractivity contribution in [2.24, 2.45) is 0 Å². The molecule has 374 valence electrons. The summed E-state index contributed by atoms with van der Waals surface area (Å²) in [6.07, 6.45) is 1.64. The maximum Gasteiger partial charge on any atom is 0.230 e. The van der Waals surface area contributed by atoms with Crippen LogP contribution in [0.1, 0.15) is 163 Å². The molecule has 9 rings (SSSR count). The predicted octanol–water partition coefficient (Wildman–Crippen LogP) is 18.4. The molecule has 4 heteroatoms. The molecule has 0 N–H and O–H groups in total. The van der Waals surface area contributed by atoms with Crippen LogP contribution in [-0.4, -0.2) is 6.79 Å². The monoisotopic (exact) mass is 999 g/mol. The molecule has 1 aliphatic heterocycles. The highest BCUT2D eigenvalue weighted by Gasteiger charge is 2.34. The molecule has 0 saturated carbocycles. The lowest BCUT2D eigenvalue weighted by Crippen LogP contribution is -2.15. The minimum absolute atomic E-state index is 0.130. The standard InChI is InChI=1S/C69H76O2P2/c1-44(2)50-37-58(46(5)6)66(59(38-50)47(7)8)56-33-35-64-68(62(56)41-72(52-25-17-13-18-26-52)53-27-19-14-20-28-53)69-63(42-73(54-29-21-15-22-30-54)55-31-23-16-24-32-55)57(34-36-65(69)71-43-70-64)67-60(48(9)10)39-51(45(3)4)40-61(67)49(11)12/h13-40,44-49H,41-43H2,1-12H3. The first-order valence-electron chi connectivity index (χ1n) is 26.9. The average Bonchev–Trinajstić information content (AvgIpc) is 3.59. The quantitative estimate of drug-likeness (QED) is 0.0898. The summed E-state index contributed by atoms with van der Waals surface area (Å²) in [5.41, 5.74) is 18.8. The van der Waals surface area contributed by atoms with Crippen molar-refractivity contribution in [3.8, 4) is 44.9 Å². The Balaban J connectivity index is 1.48. The third kappa shape index (κ3) is 10.9. The van der Waals surface area contributed by atoms with Crippen LogP contribution >= 0.6 is 15.8 Å². The van der Waals surface area contributed by atoms with Crippen molar-refractivity contribution in [1.29, 1.82) is 0 Å². The number of ether oxygens (including phenoxy) is 2. The van der Waals surface area contributed by atoms with Crippen molar-refractivity contribution >= 4 is 37.1 Å². The van der Waals surface area contributed by atoms with Gasteiger partial charge in [-0.1, -0.05) is 241 Å². The summed E-state index contributed by atoms with van der Waals surface area (Å²) in [4.78, 5) is 0. The second-order valence-electron chi connectivity index (χ2n) is 21.9. The molecule has 0 atom stereocenters. The average molecular weight is 999 g/mol. The lowest BCUT2D eigenvalue weighted by atomic mass is 9.78. The summed E-state index contributed by atoms with van der Waals surface area (Å²) in [5.74, 6) is 3.78. The van der Waals surface area contributed by atoms with Gasteiger partial charge in [0, 0.05) is 23.5 Å². The van der Waals surface area contributed by atoms with Crippen LogP contribution in [0.2, 0.25) is 0 Å². The van der Waals surface area contributed by atoms with E-state index < -0.39 is 15.8 Å². The van der Waals surface area contributed by atoms with Gasteiger partial charge < -0.3 is 9.47 Å². The summed E-state index contributed by atoms with van der Waals surface area (Å²) < 4.78 is 14.0. The van der Waals surface area contributed by atoms with E-state index in [1.54, 1.807) is 0 Å². The van der Waals surface area contributed by atoms with E-state index in [9.17, 15) is 0 Å². The Morgan fingerprint density at radius 3 is 0.849 bits per heavy atom. The minimum atomic E-state index is -0.893. The fraction of sp³-hybridized carbons (Fsp3) is 0.304. The van der Waals surface area contributed by atoms with Crippen LogP contribution in [0.25, 0.3) is 33.4 Å². The highest BCUT2D eigenvalue weighted by molar-refractivity contribution is 7.72. The molecule has 0 aromatic heterocycles. The summed E-state index contributed by atoms with van der Waals surface area (Å²) in [6, 6.07) is 64.6. The van der Waals surface area contributed by atoms with Gasteiger partial charge in [0.1, 0.15) is 11.5 Å². The van der Waals surface area contributed by atoms with Crippen molar-refractivity contribution in [2.45, 2.75) is 131 Å². The molecule has 0 amide bonds. The molecule has 73 heavy (non-hydrogen) atoms. The maximum absolute atomic E-state index is 6.99. The predicted molar refractivity (Wildman–Crippen MR) is 319 cm³/mol. The van der Waals surface area contributed by atoms with Crippen LogP contribution in [0.3, 0.4) is 0 Å². The molecule has 2 nitrogen and oxygen atoms in total. The van der Waals surface area contributed by atoms with Gasteiger partial charge in [0.2, 0.25) is 6.79 Å². The van der Waals surface area contributed by atoms with E-state index in [2.05, 4.69) is 253 Å². The van der Waals surface area contributed by atoms with Gasteiger partial charge in [-0.3, -0.25) is 0 Å². The third-order valence-corrected chi connectivity index (χ3v) is 19.9. The van der Waals surface area contributed by atoms with Crippen LogP contribution < -0.4 is 30.7 Å². The van der Waals surface area contributed by atoms with E-state index in [1.807, 2.05) is 0 Å². The molecular weight excluding hydrogens is 923 g/mol. The van der Waals surface area contributed by atoms with Crippen LogP contribution in [0.4, 0.5) is 0 Å². The molecule has 8 aromatic rings. The first-order valence-corrected chi connectivity index (χ1v) is 30.0. The number of hydrogen-bond donors (Lipinski definition) is 0. The van der Waals surface area contributed by atoms with E-state index in [0.717, 1.165) is 23.8 Å². The van der Waals surface area contributed by atoms with Crippen LogP contribution in [0.15, 0.2) is 170 Å². The van der Waals surface area contributed by atoms with Gasteiger partial charge in [-0.25, -0.2) is 0 Å². The second-order valence-corrected chi connectivity index (χ2v) is 26.3. The smallest absolute Gasteiger partial charge is 0.230 e. The molecule has 0 saturated heterocycles. The highest BCUT2D eigenvalue weighted by Crippen LogP contribution is 2.56. The van der Waals surface area contributed by atoms with Gasteiger partial charge in [0.25, 0.3) is 0 Å². The van der Waals surface area contributed by atoms with Gasteiger partial charge in [-0.05, 0) is 151 Å². The molecule has 1 heterocycles. The summed E-state index contributed by atoms with van der Waals surface area (Å²) in [7, 11) is -1.79. The van der Waals surface area contributed by atoms with Gasteiger partial charge in [-0.2, -0.15) is 0 Å². The number of benzene rings is 8. The number of hydrogen-bond acceptors (Lipinski definition) is 2. The lowest BCUT2D eigenvalue weighted by Gasteiger charge is -2.30. The Kier molecular flexibility index (Phi) is 16.3. The largest absolute Gasteiger partial charge is 0.457 e. The SMILES string of the molecule is CC(C)c1cc(C(C)C)c(-c2ccc3c(c2CP(c2ccccc2)c2ccccc2)-c2c(ccc(-c4c(C(C)C)cc(C(C)C)cc4C(C)C)c2CP(c2ccccc2)c2ccccc2)OCO3)c(C(C)C)c1. The molecule has 0 radical (unpaired) electrons. The van der Waals surface area contributed by atoms with Crippen molar-refractivity contribution in [2.75, 3.05) is 6.79 Å². The first kappa shape index (κ1) is 52.1. The number of rotatable bonds is 16. The maximum atomic E-state index is 6.99. The summed E-state index contributed by atoms with van der Waals surface area (Å²) in [5, 5.41) is 5.45. The van der Waals surface area contributed by atoms with E-state index in [-0.39, 0.29) is 6.79 Å². The van der Waals surface area contributed by atoms with Crippen molar-refractivity contribution < 1.29 is 9.47 Å². The molecule has 0 fully saturated rings. The summed E-state index contributed by atoms with van der Waals surface area (Å²) >= 11 is 0. The molecular formula is C69H76O2P2. The first-order chi connectivity index (χ1) is 35.2. The third-order valence-electron chi connectivity index (χ3n) is 14.9. The molecule has 0 spiro atoms. The molecule has 8 aromatic carbocycles. The fourth-order valence-electron chi connectivity index (χ4n) is 10.9. The molecule has 1 aliphatic rings. The fourth-order valence-corrected chi connectivity index (χ4v) is 15.7. The zero-order valence-corrected chi connectivity index (χ0v) is 47.3. The van der Waals surface area contributed by atoms with Crippen LogP contribution in [-0.2, 0) is 12.3 Å². The van der Waals surface area contributed by atoms with Crippen LogP contribution in [0, 0.1) is 0 Å². The minimum Gasteiger partial charge on any atom is -0.457 e. The van der Waals surface area contributed by atoms with Crippen molar-refractivity contribution in [3.05, 3.63) is 214 Å². The zero-order valence-electron chi connectivity index (χ0n) is 45.5. The van der Waals surface area contributed by atoms with Crippen molar-refractivity contribution in [1.82, 2.24) is 0 Å². The molecule has 0 aliphatic carbocycles. The molecule has 0 unspecified atom stereocenters. The van der Waals surface area contributed by atoms with E-state index in [4.69, 9.17) is 9.47 Å². The molecule has 0 bridgehead atoms. The zero-order chi connectivity index (χ0) is 51.5. The van der Waals surface area contributed by atoms with Gasteiger partial charge >= 0.3 is 0 Å². The normalized spacial score (nSPS) is 12.5. The van der Waals surface area contributed by atoms with Gasteiger partial charge in [0.05, 0.1) is 0 Å². The topological polar surface area (TPSA) is 18.5 Å². The highest BCUT2D eigenvalue weighted by atomic mass is 31.1. The van der Waals surface area contributed by atoms with Crippen molar-refractivity contribution in [3.63, 3.8) is 0 Å². The van der Waals surface area contributed by atoms with E-state index in [0.29, 0.717) is 35.5 Å². The Morgan fingerprint density at radius 1 is 0.329 bits per heavy atom. The Bertz CT molecular complexity index is 2800. The van der Waals surface area contributed by atoms with Crippen LogP contribution in [0.5, 0.6) is 11.5 Å². The van der Waals surface area contributed by atoms with E-state index >= 15 is 0 Å². The Labute approximate surface area is 441 Å². The second kappa shape index (κ2) is 22.8. The number of fused-ring (bicyclic) bond motifs is 3. The lowest BCUT2D eigenvalue weighted by molar-refractivity contribution is 0.125. The van der Waals surface area contributed by atoms with Gasteiger partial charge in [0.15, 0.2) is 0 Å². The summed E-state index contributed by atoms with van der Waals surface area (Å²) in [6.45, 7) is 28.5. The van der Waals surface area contributed by atoms with E-state index in [1.165, 1.54) is 99.1 Å². The van der Waals surface area contributed by atoms with Gasteiger partial charge in [-0.15, -0.1) is 0 Å².